The van der Waals surface area contributed by atoms with E-state index in [0.29, 0.717) is 25.3 Å². The molecule has 0 spiro atoms. The van der Waals surface area contributed by atoms with Crippen LogP contribution in [0.1, 0.15) is 31.3 Å². The summed E-state index contributed by atoms with van der Waals surface area (Å²) in [6.07, 6.45) is 0. The lowest BCUT2D eigenvalue weighted by Gasteiger charge is -2.30. The van der Waals surface area contributed by atoms with Crippen molar-refractivity contribution in [2.45, 2.75) is 20.8 Å². The molecule has 0 aliphatic carbocycles. The number of nitrogens with two attached hydrogens (primary N) is 1. The molecule has 0 aliphatic rings. The zero-order valence-electron chi connectivity index (χ0n) is 9.93. The number of carbonyl (C=O) groups is 1. The van der Waals surface area contributed by atoms with Gasteiger partial charge in [0.1, 0.15) is 0 Å². The van der Waals surface area contributed by atoms with Gasteiger partial charge in [-0.15, -0.1) is 5.10 Å². The Bertz CT molecular complexity index is 337. The van der Waals surface area contributed by atoms with Crippen LogP contribution >= 0.6 is 11.5 Å². The molecular formula is C10H18N4OS. The van der Waals surface area contributed by atoms with Crippen LogP contribution in [0.4, 0.5) is 0 Å². The predicted octanol–water partition coefficient (Wildman–Crippen LogP) is 0.985. The average molecular weight is 242 g/mol. The van der Waals surface area contributed by atoms with Crippen molar-refractivity contribution < 1.29 is 4.79 Å². The average Bonchev–Trinajstić information content (AvgIpc) is 2.78. The Hall–Kier alpha value is -1.01. The molecule has 1 amide bonds. The number of aromatic nitrogens is 2. The molecule has 0 aromatic carbocycles. The van der Waals surface area contributed by atoms with Gasteiger partial charge in [-0.2, -0.15) is 0 Å². The summed E-state index contributed by atoms with van der Waals surface area (Å²) in [6.45, 7) is 7.87. The minimum Gasteiger partial charge on any atom is -0.337 e. The van der Waals surface area contributed by atoms with Gasteiger partial charge in [-0.1, -0.05) is 18.3 Å². The summed E-state index contributed by atoms with van der Waals surface area (Å²) in [5, 5.41) is 5.45. The van der Waals surface area contributed by atoms with Crippen LogP contribution in [0.25, 0.3) is 0 Å². The van der Waals surface area contributed by atoms with E-state index in [4.69, 9.17) is 5.73 Å². The Morgan fingerprint density at radius 1 is 1.62 bits per heavy atom. The van der Waals surface area contributed by atoms with E-state index in [2.05, 4.69) is 9.59 Å². The number of nitrogens with zero attached hydrogens (tertiary/aromatic N) is 3. The van der Waals surface area contributed by atoms with Gasteiger partial charge in [-0.25, -0.2) is 0 Å². The SMILES string of the molecule is CCN(CC(C)(C)CN)C(=O)c1csnn1. The molecule has 0 aliphatic heterocycles. The number of carbonyl (C=O) groups excluding carboxylic acids is 1. The summed E-state index contributed by atoms with van der Waals surface area (Å²) >= 11 is 1.19. The summed E-state index contributed by atoms with van der Waals surface area (Å²) in [5.74, 6) is -0.0715. The molecule has 6 heteroatoms. The van der Waals surface area contributed by atoms with Crippen molar-refractivity contribution in [3.8, 4) is 0 Å². The Balaban J connectivity index is 2.72. The number of rotatable bonds is 5. The molecule has 2 N–H and O–H groups in total. The molecule has 0 saturated carbocycles. The maximum absolute atomic E-state index is 12.0. The Morgan fingerprint density at radius 3 is 2.75 bits per heavy atom. The molecule has 0 atom stereocenters. The summed E-state index contributed by atoms with van der Waals surface area (Å²) in [7, 11) is 0. The number of hydrogen-bond acceptors (Lipinski definition) is 5. The van der Waals surface area contributed by atoms with E-state index >= 15 is 0 Å². The van der Waals surface area contributed by atoms with Crippen molar-refractivity contribution in [3.63, 3.8) is 0 Å². The molecule has 0 fully saturated rings. The summed E-state index contributed by atoms with van der Waals surface area (Å²) in [5.41, 5.74) is 6.01. The van der Waals surface area contributed by atoms with Crippen LogP contribution in [0.5, 0.6) is 0 Å². The van der Waals surface area contributed by atoms with Gasteiger partial charge in [-0.3, -0.25) is 4.79 Å². The molecule has 1 rings (SSSR count). The lowest BCUT2D eigenvalue weighted by atomic mass is 9.93. The van der Waals surface area contributed by atoms with E-state index in [-0.39, 0.29) is 11.3 Å². The van der Waals surface area contributed by atoms with Crippen LogP contribution in [0.3, 0.4) is 0 Å². The highest BCUT2D eigenvalue weighted by Gasteiger charge is 2.24. The highest BCUT2D eigenvalue weighted by molar-refractivity contribution is 7.03. The molecule has 90 valence electrons. The first-order valence-electron chi connectivity index (χ1n) is 5.26. The molecule has 1 aromatic heterocycles. The van der Waals surface area contributed by atoms with Crippen LogP contribution in [0, 0.1) is 5.41 Å². The van der Waals surface area contributed by atoms with Gasteiger partial charge in [0.2, 0.25) is 0 Å². The summed E-state index contributed by atoms with van der Waals surface area (Å²) in [6, 6.07) is 0. The monoisotopic (exact) mass is 242 g/mol. The molecule has 0 unspecified atom stereocenters. The van der Waals surface area contributed by atoms with Gasteiger partial charge in [0.15, 0.2) is 5.69 Å². The van der Waals surface area contributed by atoms with Crippen LogP contribution < -0.4 is 5.73 Å². The molecule has 0 radical (unpaired) electrons. The molecule has 5 nitrogen and oxygen atoms in total. The predicted molar refractivity (Wildman–Crippen MR) is 64.3 cm³/mol. The lowest BCUT2D eigenvalue weighted by molar-refractivity contribution is 0.0695. The second-order valence-electron chi connectivity index (χ2n) is 4.48. The smallest absolute Gasteiger partial charge is 0.275 e. The highest BCUT2D eigenvalue weighted by atomic mass is 32.1. The van der Waals surface area contributed by atoms with Crippen LogP contribution in [0.15, 0.2) is 5.38 Å². The zero-order chi connectivity index (χ0) is 12.2. The third-order valence-corrected chi connectivity index (χ3v) is 2.92. The molecule has 1 heterocycles. The van der Waals surface area contributed by atoms with E-state index in [9.17, 15) is 4.79 Å². The maximum Gasteiger partial charge on any atom is 0.275 e. The fourth-order valence-electron chi connectivity index (χ4n) is 1.33. The van der Waals surface area contributed by atoms with Gasteiger partial charge < -0.3 is 10.6 Å². The minimum absolute atomic E-state index is 0.0715. The van der Waals surface area contributed by atoms with Gasteiger partial charge >= 0.3 is 0 Å². The van der Waals surface area contributed by atoms with E-state index in [1.54, 1.807) is 10.3 Å². The molecule has 0 bridgehead atoms. The van der Waals surface area contributed by atoms with Gasteiger partial charge in [0.25, 0.3) is 5.91 Å². The van der Waals surface area contributed by atoms with Crippen molar-refractivity contribution in [2.24, 2.45) is 11.1 Å². The normalized spacial score (nSPS) is 11.5. The van der Waals surface area contributed by atoms with Crippen molar-refractivity contribution in [1.29, 1.82) is 0 Å². The van der Waals surface area contributed by atoms with Gasteiger partial charge in [0, 0.05) is 18.5 Å². The third-order valence-electron chi connectivity index (χ3n) is 2.42. The van der Waals surface area contributed by atoms with Crippen LogP contribution in [0.2, 0.25) is 0 Å². The first-order valence-corrected chi connectivity index (χ1v) is 6.10. The molecule has 1 aromatic rings. The van der Waals surface area contributed by atoms with Crippen LogP contribution in [-0.2, 0) is 0 Å². The van der Waals surface area contributed by atoms with Crippen LogP contribution in [-0.4, -0.2) is 40.0 Å². The van der Waals surface area contributed by atoms with E-state index in [0.717, 1.165) is 0 Å². The zero-order valence-corrected chi connectivity index (χ0v) is 10.8. The largest absolute Gasteiger partial charge is 0.337 e. The first kappa shape index (κ1) is 13.1. The van der Waals surface area contributed by atoms with E-state index in [1.165, 1.54) is 11.5 Å². The number of hydrogen-bond donors (Lipinski definition) is 1. The number of amides is 1. The first-order chi connectivity index (χ1) is 7.50. The van der Waals surface area contributed by atoms with Crippen molar-refractivity contribution in [3.05, 3.63) is 11.1 Å². The van der Waals surface area contributed by atoms with Gasteiger partial charge in [-0.05, 0) is 30.4 Å². The standard InChI is InChI=1S/C10H18N4OS/c1-4-14(7-10(2,3)6-11)9(15)8-5-16-13-12-8/h5H,4,6-7,11H2,1-3H3. The van der Waals surface area contributed by atoms with Crippen molar-refractivity contribution in [1.82, 2.24) is 14.5 Å². The Morgan fingerprint density at radius 2 is 2.31 bits per heavy atom. The quantitative estimate of drug-likeness (QED) is 0.835. The highest BCUT2D eigenvalue weighted by Crippen LogP contribution is 2.16. The van der Waals surface area contributed by atoms with Crippen molar-refractivity contribution >= 4 is 17.4 Å². The lowest BCUT2D eigenvalue weighted by Crippen LogP contribution is -2.42. The third kappa shape index (κ3) is 3.24. The minimum atomic E-state index is -0.0743. The van der Waals surface area contributed by atoms with Gasteiger partial charge in [0.05, 0.1) is 0 Å². The Kier molecular flexibility index (Phi) is 4.37. The fraction of sp³-hybridized carbons (Fsp3) is 0.700. The topological polar surface area (TPSA) is 72.1 Å². The fourth-order valence-corrected chi connectivity index (χ4v) is 1.76. The summed E-state index contributed by atoms with van der Waals surface area (Å²) in [4.78, 5) is 13.8. The van der Waals surface area contributed by atoms with Crippen molar-refractivity contribution in [2.75, 3.05) is 19.6 Å². The second kappa shape index (κ2) is 5.36. The molecular weight excluding hydrogens is 224 g/mol. The Labute approximate surface area is 99.8 Å². The second-order valence-corrected chi connectivity index (χ2v) is 5.09. The molecule has 16 heavy (non-hydrogen) atoms. The maximum atomic E-state index is 12.0. The molecule has 0 saturated heterocycles. The summed E-state index contributed by atoms with van der Waals surface area (Å²) < 4.78 is 3.70. The van der Waals surface area contributed by atoms with E-state index in [1.807, 2.05) is 20.8 Å². The van der Waals surface area contributed by atoms with E-state index < -0.39 is 0 Å².